The van der Waals surface area contributed by atoms with Crippen molar-refractivity contribution in [3.63, 3.8) is 0 Å². The molecule has 0 aliphatic carbocycles. The van der Waals surface area contributed by atoms with E-state index in [0.29, 0.717) is 17.7 Å². The molecule has 1 aromatic rings. The molecule has 92 valence electrons. The van der Waals surface area contributed by atoms with Crippen molar-refractivity contribution in [2.45, 2.75) is 26.3 Å². The van der Waals surface area contributed by atoms with Crippen molar-refractivity contribution in [2.24, 2.45) is 0 Å². The van der Waals surface area contributed by atoms with Gasteiger partial charge in [-0.1, -0.05) is 25.1 Å². The molecule has 1 aliphatic heterocycles. The third-order valence-electron chi connectivity index (χ3n) is 2.96. The van der Waals surface area contributed by atoms with Gasteiger partial charge in [0.1, 0.15) is 11.6 Å². The van der Waals surface area contributed by atoms with E-state index in [2.05, 4.69) is 5.32 Å². The molecular weight excluding hydrogens is 217 g/mol. The molecule has 1 atom stereocenters. The van der Waals surface area contributed by atoms with Crippen molar-refractivity contribution in [2.75, 3.05) is 13.2 Å². The van der Waals surface area contributed by atoms with Gasteiger partial charge in [0, 0.05) is 12.0 Å². The van der Waals surface area contributed by atoms with Gasteiger partial charge < -0.3 is 10.1 Å². The lowest BCUT2D eigenvalue weighted by molar-refractivity contribution is 0.214. The smallest absolute Gasteiger partial charge is 0.131 e. The SMILES string of the molecule is CCNC(C1=CCCO1)c1cccc(C)c1F. The second kappa shape index (κ2) is 5.32. The monoisotopic (exact) mass is 235 g/mol. The summed E-state index contributed by atoms with van der Waals surface area (Å²) in [7, 11) is 0. The quantitative estimate of drug-likeness (QED) is 0.866. The molecule has 0 aromatic heterocycles. The zero-order chi connectivity index (χ0) is 12.3. The highest BCUT2D eigenvalue weighted by Gasteiger charge is 2.23. The number of aryl methyl sites for hydroxylation is 1. The first kappa shape index (κ1) is 12.1. The maximum atomic E-state index is 14.1. The molecule has 0 saturated heterocycles. The van der Waals surface area contributed by atoms with E-state index in [0.717, 1.165) is 18.7 Å². The van der Waals surface area contributed by atoms with Gasteiger partial charge in [-0.25, -0.2) is 4.39 Å². The summed E-state index contributed by atoms with van der Waals surface area (Å²) >= 11 is 0. The van der Waals surface area contributed by atoms with Crippen LogP contribution in [0.5, 0.6) is 0 Å². The maximum Gasteiger partial charge on any atom is 0.131 e. The normalized spacial score (nSPS) is 16.5. The fourth-order valence-corrected chi connectivity index (χ4v) is 2.10. The number of halogens is 1. The van der Waals surface area contributed by atoms with Gasteiger partial charge in [0.05, 0.1) is 12.6 Å². The highest BCUT2D eigenvalue weighted by molar-refractivity contribution is 5.32. The van der Waals surface area contributed by atoms with Crippen molar-refractivity contribution < 1.29 is 9.13 Å². The Morgan fingerprint density at radius 3 is 2.94 bits per heavy atom. The van der Waals surface area contributed by atoms with Crippen LogP contribution < -0.4 is 5.32 Å². The fraction of sp³-hybridized carbons (Fsp3) is 0.429. The van der Waals surface area contributed by atoms with Crippen molar-refractivity contribution >= 4 is 0 Å². The highest BCUT2D eigenvalue weighted by atomic mass is 19.1. The van der Waals surface area contributed by atoms with E-state index in [4.69, 9.17) is 4.74 Å². The summed E-state index contributed by atoms with van der Waals surface area (Å²) in [4.78, 5) is 0. The van der Waals surface area contributed by atoms with Gasteiger partial charge in [0.25, 0.3) is 0 Å². The van der Waals surface area contributed by atoms with E-state index < -0.39 is 0 Å². The first-order valence-electron chi connectivity index (χ1n) is 6.05. The average molecular weight is 235 g/mol. The van der Waals surface area contributed by atoms with Crippen molar-refractivity contribution in [1.82, 2.24) is 5.32 Å². The van der Waals surface area contributed by atoms with E-state index in [1.165, 1.54) is 0 Å². The number of hydrogen-bond acceptors (Lipinski definition) is 2. The van der Waals surface area contributed by atoms with Crippen molar-refractivity contribution in [3.05, 3.63) is 47.0 Å². The van der Waals surface area contributed by atoms with E-state index in [1.807, 2.05) is 25.1 Å². The first-order valence-corrected chi connectivity index (χ1v) is 6.05. The molecule has 1 aromatic carbocycles. The standard InChI is InChI=1S/C14H18FNO/c1-3-16-14(12-8-5-9-17-12)11-7-4-6-10(2)13(11)15/h4,6-8,14,16H,3,5,9H2,1-2H3. The zero-order valence-corrected chi connectivity index (χ0v) is 10.3. The molecule has 2 rings (SSSR count). The first-order chi connectivity index (χ1) is 8.24. The number of rotatable bonds is 4. The highest BCUT2D eigenvalue weighted by Crippen LogP contribution is 2.29. The molecule has 1 heterocycles. The van der Waals surface area contributed by atoms with Gasteiger partial charge in [0.2, 0.25) is 0 Å². The summed E-state index contributed by atoms with van der Waals surface area (Å²) in [5, 5.41) is 3.28. The van der Waals surface area contributed by atoms with Crippen LogP contribution in [0.15, 0.2) is 30.0 Å². The minimum atomic E-state index is -0.164. The summed E-state index contributed by atoms with van der Waals surface area (Å²) in [5.41, 5.74) is 1.34. The largest absolute Gasteiger partial charge is 0.496 e. The van der Waals surface area contributed by atoms with Gasteiger partial charge in [-0.3, -0.25) is 0 Å². The van der Waals surface area contributed by atoms with Crippen LogP contribution in [0.2, 0.25) is 0 Å². The molecule has 0 radical (unpaired) electrons. The Bertz CT molecular complexity index is 428. The fourth-order valence-electron chi connectivity index (χ4n) is 2.10. The lowest BCUT2D eigenvalue weighted by Crippen LogP contribution is -2.24. The Kier molecular flexibility index (Phi) is 3.79. The van der Waals surface area contributed by atoms with Crippen molar-refractivity contribution in [1.29, 1.82) is 0 Å². The number of benzene rings is 1. The second-order valence-electron chi connectivity index (χ2n) is 4.21. The topological polar surface area (TPSA) is 21.3 Å². The molecular formula is C14H18FNO. The van der Waals surface area contributed by atoms with E-state index in [9.17, 15) is 4.39 Å². The van der Waals surface area contributed by atoms with Crippen LogP contribution in [-0.2, 0) is 4.74 Å². The molecule has 0 bridgehead atoms. The molecule has 1 unspecified atom stereocenters. The lowest BCUT2D eigenvalue weighted by Gasteiger charge is -2.20. The number of hydrogen-bond donors (Lipinski definition) is 1. The van der Waals surface area contributed by atoms with Crippen LogP contribution >= 0.6 is 0 Å². The van der Waals surface area contributed by atoms with Crippen LogP contribution in [0.4, 0.5) is 4.39 Å². The Morgan fingerprint density at radius 1 is 1.47 bits per heavy atom. The Hall–Kier alpha value is -1.35. The van der Waals surface area contributed by atoms with Gasteiger partial charge in [-0.2, -0.15) is 0 Å². The summed E-state index contributed by atoms with van der Waals surface area (Å²) in [5.74, 6) is 0.700. The maximum absolute atomic E-state index is 14.1. The molecule has 1 aliphatic rings. The Labute approximate surface area is 101 Å². The third-order valence-corrected chi connectivity index (χ3v) is 2.96. The second-order valence-corrected chi connectivity index (χ2v) is 4.21. The van der Waals surface area contributed by atoms with E-state index >= 15 is 0 Å². The third kappa shape index (κ3) is 2.50. The summed E-state index contributed by atoms with van der Waals surface area (Å²) < 4.78 is 19.7. The van der Waals surface area contributed by atoms with Gasteiger partial charge in [-0.05, 0) is 25.1 Å². The summed E-state index contributed by atoms with van der Waals surface area (Å²) in [6, 6.07) is 5.32. The van der Waals surface area contributed by atoms with Gasteiger partial charge in [0.15, 0.2) is 0 Å². The molecule has 0 spiro atoms. The lowest BCUT2D eigenvalue weighted by atomic mass is 10.0. The van der Waals surface area contributed by atoms with E-state index in [1.54, 1.807) is 13.0 Å². The summed E-state index contributed by atoms with van der Waals surface area (Å²) in [6.07, 6.45) is 2.94. The minimum Gasteiger partial charge on any atom is -0.496 e. The molecule has 0 amide bonds. The Balaban J connectivity index is 2.35. The molecule has 3 heteroatoms. The van der Waals surface area contributed by atoms with E-state index in [-0.39, 0.29) is 11.9 Å². The van der Waals surface area contributed by atoms with Gasteiger partial charge >= 0.3 is 0 Å². The molecule has 0 fully saturated rings. The van der Waals surface area contributed by atoms with Crippen LogP contribution in [0.25, 0.3) is 0 Å². The molecule has 17 heavy (non-hydrogen) atoms. The van der Waals surface area contributed by atoms with Gasteiger partial charge in [-0.15, -0.1) is 0 Å². The predicted molar refractivity (Wildman–Crippen MR) is 66.2 cm³/mol. The number of nitrogens with one attached hydrogen (secondary N) is 1. The molecule has 0 saturated carbocycles. The van der Waals surface area contributed by atoms with Crippen LogP contribution in [0, 0.1) is 12.7 Å². The van der Waals surface area contributed by atoms with Crippen LogP contribution in [0.1, 0.15) is 30.5 Å². The zero-order valence-electron chi connectivity index (χ0n) is 10.3. The average Bonchev–Trinajstić information content (AvgIpc) is 2.84. The number of ether oxygens (including phenoxy) is 1. The molecule has 2 nitrogen and oxygen atoms in total. The minimum absolute atomic E-state index is 0.144. The van der Waals surface area contributed by atoms with Crippen LogP contribution in [-0.4, -0.2) is 13.2 Å². The number of likely N-dealkylation sites (N-methyl/N-ethyl adjacent to an activating group) is 1. The predicted octanol–water partition coefficient (Wildman–Crippen LogP) is 3.09. The van der Waals surface area contributed by atoms with Crippen molar-refractivity contribution in [3.8, 4) is 0 Å². The molecule has 1 N–H and O–H groups in total. The Morgan fingerprint density at radius 2 is 2.29 bits per heavy atom. The summed E-state index contributed by atoms with van der Waals surface area (Å²) in [6.45, 7) is 5.27. The van der Waals surface area contributed by atoms with Crippen LogP contribution in [0.3, 0.4) is 0 Å².